The Labute approximate surface area is 189 Å². The molecule has 2 heterocycles. The molecule has 2 N–H and O–H groups in total. The molecule has 2 aliphatic rings. The number of carbonyl (C=O) groups is 3. The molecule has 4 atom stereocenters. The Bertz CT molecular complexity index is 810. The highest BCUT2D eigenvalue weighted by molar-refractivity contribution is 5.86. The fourth-order valence-corrected chi connectivity index (χ4v) is 4.37. The number of ether oxygens (including phenoxy) is 1. The molecule has 1 saturated heterocycles. The van der Waals surface area contributed by atoms with Crippen molar-refractivity contribution in [2.75, 3.05) is 19.8 Å². The van der Waals surface area contributed by atoms with Crippen LogP contribution in [0, 0.1) is 11.8 Å². The van der Waals surface area contributed by atoms with Crippen molar-refractivity contribution in [2.24, 2.45) is 11.8 Å². The van der Waals surface area contributed by atoms with Crippen LogP contribution in [0.15, 0.2) is 42.5 Å². The molecule has 7 heteroatoms. The molecule has 3 rings (SSSR count). The zero-order valence-corrected chi connectivity index (χ0v) is 18.7. The van der Waals surface area contributed by atoms with Crippen LogP contribution in [-0.2, 0) is 25.5 Å². The Hall–Kier alpha value is -2.67. The minimum absolute atomic E-state index is 0.0479. The number of cyclic esters (lactones) is 1. The van der Waals surface area contributed by atoms with E-state index < -0.39 is 5.92 Å². The second-order valence-corrected chi connectivity index (χ2v) is 8.84. The van der Waals surface area contributed by atoms with E-state index in [2.05, 4.69) is 5.32 Å². The van der Waals surface area contributed by atoms with Crippen molar-refractivity contribution in [3.05, 3.63) is 48.0 Å². The van der Waals surface area contributed by atoms with Gasteiger partial charge in [0.05, 0.1) is 30.5 Å². The highest BCUT2D eigenvalue weighted by Gasteiger charge is 2.31. The van der Waals surface area contributed by atoms with Gasteiger partial charge in [-0.2, -0.15) is 0 Å². The first kappa shape index (κ1) is 24.0. The normalized spacial score (nSPS) is 27.2. The molecule has 0 radical (unpaired) electrons. The van der Waals surface area contributed by atoms with Gasteiger partial charge in [0.2, 0.25) is 11.8 Å². The van der Waals surface area contributed by atoms with Crippen molar-refractivity contribution < 1.29 is 24.2 Å². The molecule has 0 bridgehead atoms. The minimum Gasteiger partial charge on any atom is -0.463 e. The highest BCUT2D eigenvalue weighted by atomic mass is 16.5. The van der Waals surface area contributed by atoms with E-state index in [-0.39, 0.29) is 55.4 Å². The van der Waals surface area contributed by atoms with Gasteiger partial charge in [0.1, 0.15) is 6.61 Å². The summed E-state index contributed by atoms with van der Waals surface area (Å²) < 4.78 is 5.50. The van der Waals surface area contributed by atoms with E-state index in [1.54, 1.807) is 11.8 Å². The smallest absolute Gasteiger partial charge is 0.309 e. The average molecular weight is 443 g/mol. The lowest BCUT2D eigenvalue weighted by atomic mass is 9.94. The number of esters is 1. The predicted octanol–water partition coefficient (Wildman–Crippen LogP) is 2.23. The lowest BCUT2D eigenvalue weighted by Gasteiger charge is -2.26. The summed E-state index contributed by atoms with van der Waals surface area (Å²) in [5, 5.41) is 12.4. The molecular formula is C25H34N2O5. The number of nitrogens with one attached hydrogen (secondary N) is 1. The van der Waals surface area contributed by atoms with Crippen LogP contribution in [0.2, 0.25) is 0 Å². The largest absolute Gasteiger partial charge is 0.463 e. The number of rotatable bonds is 5. The van der Waals surface area contributed by atoms with Crippen molar-refractivity contribution in [3.63, 3.8) is 0 Å². The van der Waals surface area contributed by atoms with E-state index in [1.165, 1.54) is 0 Å². The molecule has 0 aliphatic carbocycles. The summed E-state index contributed by atoms with van der Waals surface area (Å²) in [5.41, 5.74) is 1.07. The van der Waals surface area contributed by atoms with Crippen molar-refractivity contribution in [3.8, 4) is 0 Å². The SMILES string of the molecule is CC1COC(=O)C(Cc2ccccc2)CC=CCC(CC(=O)N2CCCC2CO)C(=O)N1. The van der Waals surface area contributed by atoms with Gasteiger partial charge in [-0.25, -0.2) is 0 Å². The number of benzene rings is 1. The van der Waals surface area contributed by atoms with Crippen molar-refractivity contribution in [2.45, 2.75) is 57.5 Å². The molecule has 1 aromatic carbocycles. The van der Waals surface area contributed by atoms with Gasteiger partial charge in [0.15, 0.2) is 0 Å². The number of allylic oxidation sites excluding steroid dienone is 2. The number of likely N-dealkylation sites (tertiary alicyclic amines) is 1. The van der Waals surface area contributed by atoms with E-state index in [4.69, 9.17) is 4.74 Å². The van der Waals surface area contributed by atoms with Crippen LogP contribution in [0.5, 0.6) is 0 Å². The van der Waals surface area contributed by atoms with Gasteiger partial charge in [-0.1, -0.05) is 42.5 Å². The molecule has 1 aromatic rings. The van der Waals surface area contributed by atoms with Crippen molar-refractivity contribution in [1.82, 2.24) is 10.2 Å². The van der Waals surface area contributed by atoms with E-state index in [0.29, 0.717) is 25.8 Å². The quantitative estimate of drug-likeness (QED) is 0.539. The van der Waals surface area contributed by atoms with Gasteiger partial charge in [-0.15, -0.1) is 0 Å². The van der Waals surface area contributed by atoms with E-state index in [1.807, 2.05) is 42.5 Å². The Kier molecular flexibility index (Phi) is 8.85. The molecule has 174 valence electrons. The fraction of sp³-hybridized carbons (Fsp3) is 0.560. The van der Waals surface area contributed by atoms with Crippen LogP contribution in [0.1, 0.15) is 44.6 Å². The van der Waals surface area contributed by atoms with Crippen molar-refractivity contribution >= 4 is 17.8 Å². The van der Waals surface area contributed by atoms with Crippen LogP contribution in [0.3, 0.4) is 0 Å². The first-order valence-corrected chi connectivity index (χ1v) is 11.5. The summed E-state index contributed by atoms with van der Waals surface area (Å²) in [4.78, 5) is 40.0. The zero-order valence-electron chi connectivity index (χ0n) is 18.7. The summed E-state index contributed by atoms with van der Waals surface area (Å²) in [7, 11) is 0. The van der Waals surface area contributed by atoms with Gasteiger partial charge >= 0.3 is 5.97 Å². The van der Waals surface area contributed by atoms with Crippen molar-refractivity contribution in [1.29, 1.82) is 0 Å². The van der Waals surface area contributed by atoms with Crippen LogP contribution in [-0.4, -0.2) is 59.6 Å². The van der Waals surface area contributed by atoms with Gasteiger partial charge < -0.3 is 20.1 Å². The molecule has 7 nitrogen and oxygen atoms in total. The van der Waals surface area contributed by atoms with Gasteiger partial charge in [-0.05, 0) is 44.6 Å². The predicted molar refractivity (Wildman–Crippen MR) is 121 cm³/mol. The van der Waals surface area contributed by atoms with Crippen LogP contribution >= 0.6 is 0 Å². The Morgan fingerprint density at radius 2 is 1.88 bits per heavy atom. The monoisotopic (exact) mass is 442 g/mol. The maximum atomic E-state index is 12.8. The molecule has 2 aliphatic heterocycles. The first-order chi connectivity index (χ1) is 15.5. The third kappa shape index (κ3) is 6.66. The molecular weight excluding hydrogens is 408 g/mol. The average Bonchev–Trinajstić information content (AvgIpc) is 3.27. The Morgan fingerprint density at radius 1 is 1.16 bits per heavy atom. The summed E-state index contributed by atoms with van der Waals surface area (Å²) in [5.74, 6) is -1.37. The minimum atomic E-state index is -0.496. The van der Waals surface area contributed by atoms with Gasteiger partial charge in [-0.3, -0.25) is 14.4 Å². The van der Waals surface area contributed by atoms with Gasteiger partial charge in [0.25, 0.3) is 0 Å². The number of nitrogens with zero attached hydrogens (tertiary/aromatic N) is 1. The van der Waals surface area contributed by atoms with Gasteiger partial charge in [0, 0.05) is 13.0 Å². The van der Waals surface area contributed by atoms with E-state index in [9.17, 15) is 19.5 Å². The molecule has 4 unspecified atom stereocenters. The van der Waals surface area contributed by atoms with Crippen LogP contribution in [0.4, 0.5) is 0 Å². The number of aliphatic hydroxyl groups excluding tert-OH is 1. The molecule has 0 saturated carbocycles. The summed E-state index contributed by atoms with van der Waals surface area (Å²) in [6.07, 6.45) is 7.11. The second-order valence-electron chi connectivity index (χ2n) is 8.84. The Balaban J connectivity index is 1.68. The lowest BCUT2D eigenvalue weighted by Crippen LogP contribution is -2.43. The maximum absolute atomic E-state index is 12.8. The number of hydrogen-bond donors (Lipinski definition) is 2. The molecule has 2 amide bonds. The second kappa shape index (κ2) is 11.8. The molecule has 1 fully saturated rings. The lowest BCUT2D eigenvalue weighted by molar-refractivity contribution is -0.149. The van der Waals surface area contributed by atoms with E-state index >= 15 is 0 Å². The zero-order chi connectivity index (χ0) is 22.9. The first-order valence-electron chi connectivity index (χ1n) is 11.5. The Morgan fingerprint density at radius 3 is 2.59 bits per heavy atom. The number of aliphatic hydroxyl groups is 1. The van der Waals surface area contributed by atoms with Crippen LogP contribution < -0.4 is 5.32 Å². The molecule has 0 aromatic heterocycles. The number of amides is 2. The van der Waals surface area contributed by atoms with E-state index in [0.717, 1.165) is 18.4 Å². The molecule has 32 heavy (non-hydrogen) atoms. The maximum Gasteiger partial charge on any atom is 0.309 e. The fourth-order valence-electron chi connectivity index (χ4n) is 4.37. The third-order valence-corrected chi connectivity index (χ3v) is 6.23. The number of hydrogen-bond acceptors (Lipinski definition) is 5. The summed E-state index contributed by atoms with van der Waals surface area (Å²) >= 11 is 0. The summed E-state index contributed by atoms with van der Waals surface area (Å²) in [6, 6.07) is 9.34. The van der Waals surface area contributed by atoms with Crippen LogP contribution in [0.25, 0.3) is 0 Å². The highest BCUT2D eigenvalue weighted by Crippen LogP contribution is 2.22. The molecule has 0 spiro atoms. The standard InChI is InChI=1S/C25H34N2O5/c1-18-17-32-25(31)21(14-19-8-3-2-4-9-19)11-6-5-10-20(24(30)26-18)15-23(29)27-13-7-12-22(27)16-28/h2-6,8-9,18,20-22,28H,7,10-17H2,1H3,(H,26,30). The third-order valence-electron chi connectivity index (χ3n) is 6.23. The number of carbonyl (C=O) groups excluding carboxylic acids is 3. The topological polar surface area (TPSA) is 95.9 Å². The summed E-state index contributed by atoms with van der Waals surface area (Å²) in [6.45, 7) is 2.47.